The van der Waals surface area contributed by atoms with Gasteiger partial charge >= 0.3 is 0 Å². The topological polar surface area (TPSA) is 93.8 Å². The van der Waals surface area contributed by atoms with Crippen molar-refractivity contribution in [2.24, 2.45) is 5.84 Å². The Bertz CT molecular complexity index is 490. The minimum absolute atomic E-state index is 0.203. The Hall–Kier alpha value is -1.86. The Kier molecular flexibility index (Phi) is 3.63. The number of methoxy groups -OCH3 is 1. The van der Waals surface area contributed by atoms with E-state index in [1.807, 2.05) is 18.5 Å². The number of rotatable bonds is 5. The van der Waals surface area contributed by atoms with Crippen LogP contribution in [0.1, 0.15) is 37.4 Å². The first kappa shape index (κ1) is 12.6. The Morgan fingerprint density at radius 2 is 2.28 bits per heavy atom. The predicted octanol–water partition coefficient (Wildman–Crippen LogP) is 0.748. The number of nitrogens with zero attached hydrogens (tertiary/aromatic N) is 3. The zero-order valence-electron chi connectivity index (χ0n) is 10.7. The predicted molar refractivity (Wildman–Crippen MR) is 66.9 cm³/mol. The first-order chi connectivity index (χ1) is 8.69. The molecule has 18 heavy (non-hydrogen) atoms. The van der Waals surface area contributed by atoms with Gasteiger partial charge in [0.2, 0.25) is 0 Å². The number of aromatic nitrogens is 4. The Labute approximate surface area is 105 Å². The molecule has 0 bridgehead atoms. The lowest BCUT2D eigenvalue weighted by molar-refractivity contribution is 0.392. The number of H-pyrrole nitrogens is 1. The fraction of sp³-hybridized carbons (Fsp3) is 0.455. The van der Waals surface area contributed by atoms with Gasteiger partial charge in [0.25, 0.3) is 0 Å². The molecule has 0 saturated heterocycles. The molecule has 0 saturated carbocycles. The Balaban J connectivity index is 2.50. The van der Waals surface area contributed by atoms with Crippen molar-refractivity contribution < 1.29 is 4.74 Å². The van der Waals surface area contributed by atoms with E-state index in [0.29, 0.717) is 5.75 Å². The van der Waals surface area contributed by atoms with Crippen molar-refractivity contribution in [3.63, 3.8) is 0 Å². The molecule has 0 fully saturated rings. The molecular formula is C11H18N6O. The fourth-order valence-corrected chi connectivity index (χ4v) is 1.92. The molecule has 0 radical (unpaired) electrons. The smallest absolute Gasteiger partial charge is 0.162 e. The molecule has 2 aromatic rings. The lowest BCUT2D eigenvalue weighted by atomic mass is 10.2. The van der Waals surface area contributed by atoms with Gasteiger partial charge in [-0.15, -0.1) is 0 Å². The lowest BCUT2D eigenvalue weighted by Crippen LogP contribution is -2.32. The van der Waals surface area contributed by atoms with Crippen molar-refractivity contribution in [3.05, 3.63) is 30.1 Å². The van der Waals surface area contributed by atoms with Crippen LogP contribution in [0.2, 0.25) is 0 Å². The van der Waals surface area contributed by atoms with Crippen molar-refractivity contribution >= 4 is 0 Å². The van der Waals surface area contributed by atoms with E-state index in [0.717, 1.165) is 11.5 Å². The summed E-state index contributed by atoms with van der Waals surface area (Å²) in [7, 11) is 1.61. The molecule has 0 aliphatic rings. The number of ether oxygens (including phenoxy) is 1. The van der Waals surface area contributed by atoms with Gasteiger partial charge in [0.15, 0.2) is 5.75 Å². The normalized spacial score (nSPS) is 12.9. The van der Waals surface area contributed by atoms with Crippen LogP contribution >= 0.6 is 0 Å². The van der Waals surface area contributed by atoms with Gasteiger partial charge < -0.3 is 9.72 Å². The van der Waals surface area contributed by atoms with Crippen molar-refractivity contribution in [2.45, 2.75) is 25.9 Å². The van der Waals surface area contributed by atoms with Gasteiger partial charge in [-0.05, 0) is 13.8 Å². The van der Waals surface area contributed by atoms with E-state index >= 15 is 0 Å². The lowest BCUT2D eigenvalue weighted by Gasteiger charge is -2.19. The third kappa shape index (κ3) is 2.09. The number of hydrogen-bond acceptors (Lipinski definition) is 5. The van der Waals surface area contributed by atoms with E-state index < -0.39 is 0 Å². The number of hydrogen-bond donors (Lipinski definition) is 3. The molecule has 2 rings (SSSR count). The van der Waals surface area contributed by atoms with Gasteiger partial charge in [0.1, 0.15) is 17.6 Å². The number of nitrogens with one attached hydrogen (secondary N) is 2. The summed E-state index contributed by atoms with van der Waals surface area (Å²) < 4.78 is 7.20. The minimum atomic E-state index is -0.292. The highest BCUT2D eigenvalue weighted by Gasteiger charge is 2.25. The summed E-state index contributed by atoms with van der Waals surface area (Å²) in [5, 5.41) is 4.32. The van der Waals surface area contributed by atoms with Crippen molar-refractivity contribution in [1.82, 2.24) is 25.2 Å². The number of hydrazine groups is 1. The van der Waals surface area contributed by atoms with E-state index in [-0.39, 0.29) is 12.1 Å². The highest BCUT2D eigenvalue weighted by molar-refractivity contribution is 5.32. The van der Waals surface area contributed by atoms with Gasteiger partial charge in [-0.2, -0.15) is 5.10 Å². The molecular weight excluding hydrogens is 232 g/mol. The summed E-state index contributed by atoms with van der Waals surface area (Å²) in [6.07, 6.45) is 5.12. The van der Waals surface area contributed by atoms with Gasteiger partial charge in [0, 0.05) is 18.4 Å². The molecule has 0 aliphatic heterocycles. The van der Waals surface area contributed by atoms with Gasteiger partial charge in [0.05, 0.1) is 13.3 Å². The van der Waals surface area contributed by atoms with E-state index in [1.54, 1.807) is 25.7 Å². The van der Waals surface area contributed by atoms with Crippen LogP contribution in [0.5, 0.6) is 5.75 Å². The van der Waals surface area contributed by atoms with E-state index in [2.05, 4.69) is 20.5 Å². The quantitative estimate of drug-likeness (QED) is 0.537. The first-order valence-electron chi connectivity index (χ1n) is 5.75. The Morgan fingerprint density at radius 1 is 1.50 bits per heavy atom. The van der Waals surface area contributed by atoms with Crippen molar-refractivity contribution in [3.8, 4) is 5.75 Å². The van der Waals surface area contributed by atoms with Crippen molar-refractivity contribution in [2.75, 3.05) is 7.11 Å². The summed E-state index contributed by atoms with van der Waals surface area (Å²) >= 11 is 0. The van der Waals surface area contributed by atoms with Crippen molar-refractivity contribution in [1.29, 1.82) is 0 Å². The second-order valence-electron chi connectivity index (χ2n) is 4.21. The monoisotopic (exact) mass is 250 g/mol. The highest BCUT2D eigenvalue weighted by atomic mass is 16.5. The molecule has 4 N–H and O–H groups in total. The summed E-state index contributed by atoms with van der Waals surface area (Å²) in [5.74, 6) is 7.05. The Morgan fingerprint density at radius 3 is 2.78 bits per heavy atom. The molecule has 2 heterocycles. The number of aromatic amines is 1. The van der Waals surface area contributed by atoms with Gasteiger partial charge in [-0.25, -0.2) is 10.4 Å². The SMILES string of the molecule is COc1cnn(C(C)C)c1C(NN)c1ncc[nH]1. The second kappa shape index (κ2) is 5.19. The average Bonchev–Trinajstić information content (AvgIpc) is 2.99. The standard InChI is InChI=1S/C11H18N6O/c1-7(2)17-10(8(18-3)6-15-17)9(16-12)11-13-4-5-14-11/h4-7,9,16H,12H2,1-3H3,(H,13,14). The van der Waals surface area contributed by atoms with Gasteiger partial charge in [-0.3, -0.25) is 10.5 Å². The molecule has 1 atom stereocenters. The molecule has 0 spiro atoms. The largest absolute Gasteiger partial charge is 0.493 e. The first-order valence-corrected chi connectivity index (χ1v) is 5.75. The maximum Gasteiger partial charge on any atom is 0.162 e. The molecule has 1 unspecified atom stereocenters. The minimum Gasteiger partial charge on any atom is -0.493 e. The summed E-state index contributed by atoms with van der Waals surface area (Å²) in [6, 6.07) is -0.0884. The maximum absolute atomic E-state index is 5.64. The summed E-state index contributed by atoms with van der Waals surface area (Å²) in [4.78, 5) is 7.27. The van der Waals surface area contributed by atoms with Crippen LogP contribution < -0.4 is 16.0 Å². The molecule has 0 aliphatic carbocycles. The summed E-state index contributed by atoms with van der Waals surface area (Å²) in [5.41, 5.74) is 3.59. The van der Waals surface area contributed by atoms with Crippen LogP contribution in [-0.2, 0) is 0 Å². The molecule has 7 nitrogen and oxygen atoms in total. The van der Waals surface area contributed by atoms with E-state index in [9.17, 15) is 0 Å². The third-order valence-corrected chi connectivity index (χ3v) is 2.74. The molecule has 2 aromatic heterocycles. The number of nitrogens with two attached hydrogens (primary N) is 1. The zero-order valence-corrected chi connectivity index (χ0v) is 10.7. The summed E-state index contributed by atoms with van der Waals surface area (Å²) in [6.45, 7) is 4.09. The molecule has 0 amide bonds. The maximum atomic E-state index is 5.64. The average molecular weight is 250 g/mol. The van der Waals surface area contributed by atoms with E-state index in [1.165, 1.54) is 0 Å². The molecule has 98 valence electrons. The van der Waals surface area contributed by atoms with Crippen LogP contribution in [0.15, 0.2) is 18.6 Å². The molecule has 7 heteroatoms. The number of imidazole rings is 1. The van der Waals surface area contributed by atoms with E-state index in [4.69, 9.17) is 10.6 Å². The van der Waals surface area contributed by atoms with Crippen LogP contribution in [0.3, 0.4) is 0 Å². The highest BCUT2D eigenvalue weighted by Crippen LogP contribution is 2.29. The third-order valence-electron chi connectivity index (χ3n) is 2.74. The zero-order chi connectivity index (χ0) is 13.1. The van der Waals surface area contributed by atoms with Crippen LogP contribution in [0.25, 0.3) is 0 Å². The second-order valence-corrected chi connectivity index (χ2v) is 4.21. The van der Waals surface area contributed by atoms with Crippen LogP contribution in [-0.4, -0.2) is 26.9 Å². The van der Waals surface area contributed by atoms with Crippen LogP contribution in [0.4, 0.5) is 0 Å². The van der Waals surface area contributed by atoms with Gasteiger partial charge in [-0.1, -0.05) is 0 Å². The fourth-order valence-electron chi connectivity index (χ4n) is 1.92. The molecule has 0 aromatic carbocycles. The van der Waals surface area contributed by atoms with Crippen LogP contribution in [0, 0.1) is 0 Å².